The largest absolute Gasteiger partial charge is 0.468 e. The van der Waals surface area contributed by atoms with Gasteiger partial charge < -0.3 is 15.0 Å². The van der Waals surface area contributed by atoms with Gasteiger partial charge in [-0.1, -0.05) is 12.1 Å². The lowest BCUT2D eigenvalue weighted by Crippen LogP contribution is -2.34. The number of hydrogen-bond acceptors (Lipinski definition) is 4. The van der Waals surface area contributed by atoms with Gasteiger partial charge >= 0.3 is 5.97 Å². The Morgan fingerprint density at radius 1 is 1.53 bits per heavy atom. The normalized spacial score (nSPS) is 12.6. The van der Waals surface area contributed by atoms with E-state index in [9.17, 15) is 4.79 Å². The van der Waals surface area contributed by atoms with E-state index in [2.05, 4.69) is 9.72 Å². The van der Waals surface area contributed by atoms with Crippen LogP contribution in [0.1, 0.15) is 5.82 Å². The lowest BCUT2D eigenvalue weighted by Gasteiger charge is -2.08. The molecule has 5 heteroatoms. The zero-order valence-electron chi connectivity index (χ0n) is 9.88. The summed E-state index contributed by atoms with van der Waals surface area (Å²) in [5.41, 5.74) is 7.65. The number of benzene rings is 1. The molecule has 0 saturated heterocycles. The maximum atomic E-state index is 11.3. The summed E-state index contributed by atoms with van der Waals surface area (Å²) in [5, 5.41) is 0. The van der Waals surface area contributed by atoms with E-state index in [0.717, 1.165) is 16.9 Å². The van der Waals surface area contributed by atoms with Crippen LogP contribution >= 0.6 is 0 Å². The van der Waals surface area contributed by atoms with Gasteiger partial charge in [0.05, 0.1) is 18.1 Å². The molecule has 5 nitrogen and oxygen atoms in total. The van der Waals surface area contributed by atoms with E-state index in [0.29, 0.717) is 6.42 Å². The highest BCUT2D eigenvalue weighted by Gasteiger charge is 2.17. The van der Waals surface area contributed by atoms with Gasteiger partial charge in [0.2, 0.25) is 0 Å². The Morgan fingerprint density at radius 3 is 2.88 bits per heavy atom. The number of carbonyl (C=O) groups is 1. The predicted molar refractivity (Wildman–Crippen MR) is 64.4 cm³/mol. The van der Waals surface area contributed by atoms with Crippen molar-refractivity contribution in [2.75, 3.05) is 7.11 Å². The third-order valence-electron chi connectivity index (χ3n) is 2.79. The van der Waals surface area contributed by atoms with Crippen molar-refractivity contribution in [2.45, 2.75) is 12.5 Å². The monoisotopic (exact) mass is 233 g/mol. The molecule has 90 valence electrons. The minimum Gasteiger partial charge on any atom is -0.468 e. The van der Waals surface area contributed by atoms with Crippen LogP contribution in [0.4, 0.5) is 0 Å². The zero-order valence-corrected chi connectivity index (χ0v) is 9.88. The molecule has 2 rings (SSSR count). The molecule has 2 N–H and O–H groups in total. The molecule has 0 aliphatic rings. The number of nitrogens with zero attached hydrogens (tertiary/aromatic N) is 2. The fourth-order valence-corrected chi connectivity index (χ4v) is 1.81. The molecule has 0 radical (unpaired) electrons. The summed E-state index contributed by atoms with van der Waals surface area (Å²) >= 11 is 0. The minimum atomic E-state index is -0.671. The van der Waals surface area contributed by atoms with Crippen LogP contribution in [0.2, 0.25) is 0 Å². The van der Waals surface area contributed by atoms with Gasteiger partial charge in [0, 0.05) is 13.5 Å². The first-order valence-corrected chi connectivity index (χ1v) is 5.37. The Kier molecular flexibility index (Phi) is 3.10. The maximum Gasteiger partial charge on any atom is 0.323 e. The quantitative estimate of drug-likeness (QED) is 0.789. The van der Waals surface area contributed by atoms with Gasteiger partial charge in [-0.15, -0.1) is 0 Å². The molecule has 0 amide bonds. The Bertz CT molecular complexity index is 548. The van der Waals surface area contributed by atoms with Crippen molar-refractivity contribution in [1.29, 1.82) is 0 Å². The maximum absolute atomic E-state index is 11.3. The van der Waals surface area contributed by atoms with E-state index < -0.39 is 12.0 Å². The van der Waals surface area contributed by atoms with Crippen molar-refractivity contribution in [3.05, 3.63) is 30.1 Å². The molecule has 0 spiro atoms. The molecule has 0 bridgehead atoms. The number of hydrogen-bond donors (Lipinski definition) is 1. The van der Waals surface area contributed by atoms with E-state index in [-0.39, 0.29) is 0 Å². The van der Waals surface area contributed by atoms with Crippen LogP contribution in [0.25, 0.3) is 11.0 Å². The highest BCUT2D eigenvalue weighted by Crippen LogP contribution is 2.15. The summed E-state index contributed by atoms with van der Waals surface area (Å²) < 4.78 is 6.54. The molecule has 0 fully saturated rings. The van der Waals surface area contributed by atoms with E-state index in [1.165, 1.54) is 7.11 Å². The summed E-state index contributed by atoms with van der Waals surface area (Å²) in [6.07, 6.45) is 0.373. The first-order chi connectivity index (χ1) is 8.13. The second kappa shape index (κ2) is 4.55. The molecule has 1 unspecified atom stereocenters. The highest BCUT2D eigenvalue weighted by molar-refractivity contribution is 5.77. The molecular weight excluding hydrogens is 218 g/mol. The standard InChI is InChI=1S/C12H15N3O2/c1-15-10-6-4-3-5-9(10)14-11(15)7-8(13)12(16)17-2/h3-6,8H,7,13H2,1-2H3. The van der Waals surface area contributed by atoms with Gasteiger partial charge in [-0.3, -0.25) is 4.79 Å². The SMILES string of the molecule is COC(=O)C(N)Cc1nc2ccccc2n1C. The minimum absolute atomic E-state index is 0.373. The van der Waals surface area contributed by atoms with Gasteiger partial charge in [-0.25, -0.2) is 4.98 Å². The molecule has 1 aromatic carbocycles. The number of para-hydroxylation sites is 2. The number of nitrogens with two attached hydrogens (primary N) is 1. The third-order valence-corrected chi connectivity index (χ3v) is 2.79. The number of ether oxygens (including phenoxy) is 1. The van der Waals surface area contributed by atoms with E-state index in [4.69, 9.17) is 5.73 Å². The highest BCUT2D eigenvalue weighted by atomic mass is 16.5. The topological polar surface area (TPSA) is 70.1 Å². The summed E-state index contributed by atoms with van der Waals surface area (Å²) in [7, 11) is 3.24. The summed E-state index contributed by atoms with van der Waals surface area (Å²) in [4.78, 5) is 15.7. The van der Waals surface area contributed by atoms with Crippen molar-refractivity contribution < 1.29 is 9.53 Å². The van der Waals surface area contributed by atoms with Crippen LogP contribution in [0.3, 0.4) is 0 Å². The lowest BCUT2D eigenvalue weighted by atomic mass is 10.2. The number of aromatic nitrogens is 2. The molecule has 1 heterocycles. The first-order valence-electron chi connectivity index (χ1n) is 5.37. The zero-order chi connectivity index (χ0) is 12.4. The molecule has 2 aromatic rings. The van der Waals surface area contributed by atoms with Gasteiger partial charge in [0.15, 0.2) is 0 Å². The van der Waals surface area contributed by atoms with Crippen molar-refractivity contribution in [1.82, 2.24) is 9.55 Å². The van der Waals surface area contributed by atoms with Crippen molar-refractivity contribution in [3.63, 3.8) is 0 Å². The molecule has 17 heavy (non-hydrogen) atoms. The third kappa shape index (κ3) is 2.14. The van der Waals surface area contributed by atoms with E-state index >= 15 is 0 Å². The first kappa shape index (κ1) is 11.6. The van der Waals surface area contributed by atoms with Crippen LogP contribution < -0.4 is 5.73 Å². The summed E-state index contributed by atoms with van der Waals surface area (Å²) in [5.74, 6) is 0.362. The number of carbonyl (C=O) groups excluding carboxylic acids is 1. The number of rotatable bonds is 3. The van der Waals surface area contributed by atoms with Gasteiger partial charge in [-0.05, 0) is 12.1 Å². The Labute approximate surface area is 99.2 Å². The molecular formula is C12H15N3O2. The number of aryl methyl sites for hydroxylation is 1. The Balaban J connectivity index is 2.30. The van der Waals surface area contributed by atoms with Crippen LogP contribution in [0, 0.1) is 0 Å². The van der Waals surface area contributed by atoms with Crippen LogP contribution in [0.15, 0.2) is 24.3 Å². The molecule has 0 saturated carbocycles. The van der Waals surface area contributed by atoms with E-state index in [1.807, 2.05) is 35.9 Å². The molecule has 0 aliphatic carbocycles. The average Bonchev–Trinajstić information content (AvgIpc) is 2.66. The molecule has 1 atom stereocenters. The van der Waals surface area contributed by atoms with Crippen molar-refractivity contribution in [2.24, 2.45) is 12.8 Å². The molecule has 1 aromatic heterocycles. The van der Waals surface area contributed by atoms with Crippen LogP contribution in [-0.2, 0) is 23.0 Å². The smallest absolute Gasteiger partial charge is 0.323 e. The van der Waals surface area contributed by atoms with Crippen LogP contribution in [-0.4, -0.2) is 28.7 Å². The van der Waals surface area contributed by atoms with Crippen molar-refractivity contribution >= 4 is 17.0 Å². The van der Waals surface area contributed by atoms with Gasteiger partial charge in [0.1, 0.15) is 11.9 Å². The number of imidazole rings is 1. The van der Waals surface area contributed by atoms with Crippen LogP contribution in [0.5, 0.6) is 0 Å². The lowest BCUT2D eigenvalue weighted by molar-refractivity contribution is -0.142. The number of fused-ring (bicyclic) bond motifs is 1. The predicted octanol–water partition coefficient (Wildman–Crippen LogP) is 0.616. The second-order valence-corrected chi connectivity index (χ2v) is 3.91. The number of esters is 1. The fourth-order valence-electron chi connectivity index (χ4n) is 1.81. The Morgan fingerprint density at radius 2 is 2.24 bits per heavy atom. The fraction of sp³-hybridized carbons (Fsp3) is 0.333. The average molecular weight is 233 g/mol. The van der Waals surface area contributed by atoms with E-state index in [1.54, 1.807) is 0 Å². The van der Waals surface area contributed by atoms with Gasteiger partial charge in [-0.2, -0.15) is 0 Å². The molecule has 0 aliphatic heterocycles. The summed E-state index contributed by atoms with van der Waals surface area (Å²) in [6.45, 7) is 0. The number of methoxy groups -OCH3 is 1. The summed E-state index contributed by atoms with van der Waals surface area (Å²) in [6, 6.07) is 7.13. The van der Waals surface area contributed by atoms with Gasteiger partial charge in [0.25, 0.3) is 0 Å². The Hall–Kier alpha value is -1.88. The second-order valence-electron chi connectivity index (χ2n) is 3.91. The van der Waals surface area contributed by atoms with Crippen molar-refractivity contribution in [3.8, 4) is 0 Å².